The lowest BCUT2D eigenvalue weighted by molar-refractivity contribution is 0.372. The van der Waals surface area contributed by atoms with Gasteiger partial charge in [-0.1, -0.05) is 31.2 Å². The van der Waals surface area contributed by atoms with Crippen LogP contribution in [0, 0.1) is 0 Å². The number of hydrogen-bond acceptors (Lipinski definition) is 6. The molecule has 1 fully saturated rings. The van der Waals surface area contributed by atoms with Gasteiger partial charge in [0.05, 0.1) is 6.54 Å². The molecule has 1 N–H and O–H groups in total. The molecule has 29 heavy (non-hydrogen) atoms. The van der Waals surface area contributed by atoms with E-state index in [0.29, 0.717) is 6.54 Å². The van der Waals surface area contributed by atoms with E-state index in [2.05, 4.69) is 81.6 Å². The molecule has 0 radical (unpaired) electrons. The Bertz CT molecular complexity index is 777. The van der Waals surface area contributed by atoms with Gasteiger partial charge in [0, 0.05) is 57.2 Å². The van der Waals surface area contributed by atoms with Crippen LogP contribution in [-0.4, -0.2) is 71.9 Å². The maximum Gasteiger partial charge on any atom is 0.205 e. The summed E-state index contributed by atoms with van der Waals surface area (Å²) in [4.78, 5) is 16.4. The minimum absolute atomic E-state index is 0.695. The van der Waals surface area contributed by atoms with Crippen LogP contribution in [0.1, 0.15) is 30.8 Å². The Morgan fingerprint density at radius 3 is 2.38 bits per heavy atom. The van der Waals surface area contributed by atoms with Gasteiger partial charge in [-0.25, -0.2) is 9.98 Å². The molecule has 7 nitrogen and oxygen atoms in total. The van der Waals surface area contributed by atoms with Gasteiger partial charge in [0.1, 0.15) is 5.82 Å². The molecule has 1 aromatic heterocycles. The molecule has 0 bridgehead atoms. The van der Waals surface area contributed by atoms with Gasteiger partial charge in [-0.15, -0.1) is 0 Å². The zero-order valence-corrected chi connectivity index (χ0v) is 18.9. The Kier molecular flexibility index (Phi) is 7.83. The van der Waals surface area contributed by atoms with E-state index in [1.807, 2.05) is 0 Å². The van der Waals surface area contributed by atoms with Crippen molar-refractivity contribution in [2.24, 2.45) is 4.99 Å². The number of hydrogen-bond donors (Lipinski definition) is 1. The number of anilines is 1. The third kappa shape index (κ3) is 6.14. The Hall–Kier alpha value is -2.19. The first-order valence-electron chi connectivity index (χ1n) is 10.4. The van der Waals surface area contributed by atoms with Crippen molar-refractivity contribution < 1.29 is 0 Å². The standard InChI is InChI=1S/C21H33N7S/c1-5-19-24-21(29-25-19)28-13-11-27(12-14-28)20(22-6-2)23-15-17-7-9-18(10-8-17)16-26(3)4/h7-10H,5-6,11-16H2,1-4H3,(H,22,23). The highest BCUT2D eigenvalue weighted by Crippen LogP contribution is 2.19. The van der Waals surface area contributed by atoms with Crippen molar-refractivity contribution in [3.63, 3.8) is 0 Å². The van der Waals surface area contributed by atoms with Crippen LogP contribution < -0.4 is 10.2 Å². The van der Waals surface area contributed by atoms with Crippen molar-refractivity contribution in [3.05, 3.63) is 41.2 Å². The summed E-state index contributed by atoms with van der Waals surface area (Å²) in [5, 5.41) is 4.50. The van der Waals surface area contributed by atoms with E-state index < -0.39 is 0 Å². The number of piperazine rings is 1. The Labute approximate surface area is 178 Å². The molecule has 1 saturated heterocycles. The third-order valence-corrected chi connectivity index (χ3v) is 5.71. The van der Waals surface area contributed by atoms with Crippen molar-refractivity contribution in [1.82, 2.24) is 24.5 Å². The molecular formula is C21H33N7S. The summed E-state index contributed by atoms with van der Waals surface area (Å²) in [5.41, 5.74) is 2.57. The molecule has 0 atom stereocenters. The highest BCUT2D eigenvalue weighted by molar-refractivity contribution is 7.09. The number of rotatable bonds is 7. The first kappa shape index (κ1) is 21.5. The summed E-state index contributed by atoms with van der Waals surface area (Å²) in [6, 6.07) is 8.77. The van der Waals surface area contributed by atoms with E-state index in [9.17, 15) is 0 Å². The molecule has 0 amide bonds. The molecule has 1 aliphatic rings. The molecule has 1 aliphatic heterocycles. The fraction of sp³-hybridized carbons (Fsp3) is 0.571. The minimum Gasteiger partial charge on any atom is -0.357 e. The highest BCUT2D eigenvalue weighted by atomic mass is 32.1. The van der Waals surface area contributed by atoms with E-state index in [1.165, 1.54) is 22.7 Å². The Morgan fingerprint density at radius 2 is 1.79 bits per heavy atom. The van der Waals surface area contributed by atoms with E-state index in [4.69, 9.17) is 4.99 Å². The lowest BCUT2D eigenvalue weighted by atomic mass is 10.1. The van der Waals surface area contributed by atoms with Crippen molar-refractivity contribution in [3.8, 4) is 0 Å². The summed E-state index contributed by atoms with van der Waals surface area (Å²) in [7, 11) is 4.18. The highest BCUT2D eigenvalue weighted by Gasteiger charge is 2.22. The largest absolute Gasteiger partial charge is 0.357 e. The second kappa shape index (κ2) is 10.5. The number of aliphatic imine (C=N–C) groups is 1. The number of aryl methyl sites for hydroxylation is 1. The van der Waals surface area contributed by atoms with Gasteiger partial charge in [0.2, 0.25) is 5.13 Å². The molecule has 0 unspecified atom stereocenters. The van der Waals surface area contributed by atoms with Crippen molar-refractivity contribution >= 4 is 22.6 Å². The first-order chi connectivity index (χ1) is 14.1. The molecule has 2 heterocycles. The molecule has 0 saturated carbocycles. The molecule has 1 aromatic carbocycles. The van der Waals surface area contributed by atoms with E-state index >= 15 is 0 Å². The molecule has 3 rings (SSSR count). The van der Waals surface area contributed by atoms with Gasteiger partial charge in [-0.3, -0.25) is 0 Å². The van der Waals surface area contributed by atoms with E-state index in [1.54, 1.807) is 0 Å². The monoisotopic (exact) mass is 415 g/mol. The summed E-state index contributed by atoms with van der Waals surface area (Å²) in [5.74, 6) is 1.94. The van der Waals surface area contributed by atoms with Crippen LogP contribution in [0.4, 0.5) is 5.13 Å². The van der Waals surface area contributed by atoms with Gasteiger partial charge in [-0.2, -0.15) is 4.37 Å². The number of nitrogens with one attached hydrogen (secondary N) is 1. The number of aromatic nitrogens is 2. The van der Waals surface area contributed by atoms with Crippen molar-refractivity contribution in [1.29, 1.82) is 0 Å². The second-order valence-corrected chi connectivity index (χ2v) is 8.28. The average Bonchev–Trinajstić information content (AvgIpc) is 3.21. The topological polar surface area (TPSA) is 59.9 Å². The number of guanidine groups is 1. The van der Waals surface area contributed by atoms with Gasteiger partial charge in [0.25, 0.3) is 0 Å². The van der Waals surface area contributed by atoms with Gasteiger partial charge in [-0.05, 0) is 32.1 Å². The van der Waals surface area contributed by atoms with Crippen LogP contribution in [0.2, 0.25) is 0 Å². The smallest absolute Gasteiger partial charge is 0.205 e. The second-order valence-electron chi connectivity index (χ2n) is 7.55. The fourth-order valence-corrected chi connectivity index (χ4v) is 4.13. The van der Waals surface area contributed by atoms with Crippen molar-refractivity contribution in [2.45, 2.75) is 33.4 Å². The fourth-order valence-electron chi connectivity index (χ4n) is 3.33. The molecule has 0 aliphatic carbocycles. The summed E-state index contributed by atoms with van der Waals surface area (Å²) >= 11 is 1.51. The maximum atomic E-state index is 4.89. The van der Waals surface area contributed by atoms with E-state index in [0.717, 1.165) is 62.6 Å². The normalized spacial score (nSPS) is 15.3. The minimum atomic E-state index is 0.695. The first-order valence-corrected chi connectivity index (χ1v) is 11.2. The SMILES string of the molecule is CCNC(=NCc1ccc(CN(C)C)cc1)N1CCN(c2nc(CC)ns2)CC1. The molecule has 0 spiro atoms. The zero-order valence-electron chi connectivity index (χ0n) is 18.1. The van der Waals surface area contributed by atoms with Crippen LogP contribution in [0.3, 0.4) is 0 Å². The molecular weight excluding hydrogens is 382 g/mol. The van der Waals surface area contributed by atoms with Crippen LogP contribution in [0.5, 0.6) is 0 Å². The van der Waals surface area contributed by atoms with E-state index in [-0.39, 0.29) is 0 Å². The van der Waals surface area contributed by atoms with Crippen LogP contribution in [-0.2, 0) is 19.5 Å². The zero-order chi connectivity index (χ0) is 20.6. The summed E-state index contributed by atoms with van der Waals surface area (Å²) in [6.07, 6.45) is 0.893. The average molecular weight is 416 g/mol. The Morgan fingerprint density at radius 1 is 1.10 bits per heavy atom. The Balaban J connectivity index is 1.58. The van der Waals surface area contributed by atoms with Gasteiger partial charge >= 0.3 is 0 Å². The van der Waals surface area contributed by atoms with Crippen LogP contribution >= 0.6 is 11.5 Å². The molecule has 2 aromatic rings. The lowest BCUT2D eigenvalue weighted by Gasteiger charge is -2.36. The quantitative estimate of drug-likeness (QED) is 0.554. The summed E-state index contributed by atoms with van der Waals surface area (Å²) in [6.45, 7) is 10.5. The lowest BCUT2D eigenvalue weighted by Crippen LogP contribution is -2.52. The summed E-state index contributed by atoms with van der Waals surface area (Å²) < 4.78 is 4.41. The van der Waals surface area contributed by atoms with Crippen LogP contribution in [0.25, 0.3) is 0 Å². The van der Waals surface area contributed by atoms with Crippen molar-refractivity contribution in [2.75, 3.05) is 51.7 Å². The van der Waals surface area contributed by atoms with Gasteiger partial charge in [0.15, 0.2) is 5.96 Å². The molecule has 158 valence electrons. The van der Waals surface area contributed by atoms with Gasteiger partial charge < -0.3 is 20.0 Å². The number of nitrogens with zero attached hydrogens (tertiary/aromatic N) is 6. The third-order valence-electron chi connectivity index (χ3n) is 4.89. The maximum absolute atomic E-state index is 4.89. The predicted octanol–water partition coefficient (Wildman–Crippen LogP) is 2.45. The number of benzene rings is 1. The van der Waals surface area contributed by atoms with Crippen LogP contribution in [0.15, 0.2) is 29.3 Å². The predicted molar refractivity (Wildman–Crippen MR) is 122 cm³/mol. The molecule has 8 heteroatoms.